The SMILES string of the molecule is Cc1c(O[C@H]2C(C)(C)[C@H](NC(=O)c3ccc(N4CCN(C5CCN(c6ccc7c(c6)C(=O)N(C6CCC(=O)NC6=O)C7=O)CC5)CC4)cc3)C2(C)C)ccc(C#N)c1F. The fourth-order valence-corrected chi connectivity index (χ4v) is 10.3. The van der Waals surface area contributed by atoms with Crippen LogP contribution in [0.4, 0.5) is 15.8 Å². The van der Waals surface area contributed by atoms with E-state index in [2.05, 4.69) is 25.3 Å². The Morgan fingerprint density at radius 3 is 2.10 bits per heavy atom. The lowest BCUT2D eigenvalue weighted by atomic mass is 9.49. The molecule has 5 amide bonds. The van der Waals surface area contributed by atoms with Crippen LogP contribution in [-0.4, -0.2) is 103 Å². The standard InChI is InChI=1S/C45H50FN7O6/c1-26-35(14-8-28(25-47)37(26)46)59-43-44(2,3)42(45(43,4)5)49-38(55)27-6-9-29(10-7-27)51-20-22-52(23-21-51)30-16-18-50(19-17-30)31-11-12-32-33(24-31)41(58)53(40(32)57)34-13-15-36(54)48-39(34)56/h6-12,14,24,30,34,42-43H,13,15-23H2,1-5H3,(H,49,55)(H,48,54,56)/t34?,42-,43-. The normalized spacial score (nSPS) is 24.3. The number of nitriles is 1. The lowest BCUT2D eigenvalue weighted by molar-refractivity contribution is -0.164. The van der Waals surface area contributed by atoms with Gasteiger partial charge in [0.15, 0.2) is 0 Å². The highest BCUT2D eigenvalue weighted by molar-refractivity contribution is 6.23. The molecule has 14 heteroatoms. The third-order valence-electron chi connectivity index (χ3n) is 13.4. The van der Waals surface area contributed by atoms with Crippen molar-refractivity contribution >= 4 is 40.9 Å². The summed E-state index contributed by atoms with van der Waals surface area (Å²) in [7, 11) is 0. The van der Waals surface area contributed by atoms with E-state index in [0.29, 0.717) is 28.5 Å². The molecule has 308 valence electrons. The third-order valence-corrected chi connectivity index (χ3v) is 13.4. The van der Waals surface area contributed by atoms with Gasteiger partial charge in [-0.1, -0.05) is 27.7 Å². The molecule has 0 bridgehead atoms. The zero-order valence-electron chi connectivity index (χ0n) is 34.1. The molecule has 8 rings (SSSR count). The largest absolute Gasteiger partial charge is 0.489 e. The van der Waals surface area contributed by atoms with Crippen LogP contribution in [-0.2, 0) is 9.59 Å². The predicted molar refractivity (Wildman–Crippen MR) is 218 cm³/mol. The number of imide groups is 2. The van der Waals surface area contributed by atoms with Gasteiger partial charge in [-0.15, -0.1) is 0 Å². The van der Waals surface area contributed by atoms with E-state index in [4.69, 9.17) is 4.74 Å². The maximum Gasteiger partial charge on any atom is 0.262 e. The van der Waals surface area contributed by atoms with Crippen molar-refractivity contribution in [3.05, 3.63) is 88.2 Å². The van der Waals surface area contributed by atoms with E-state index in [1.54, 1.807) is 25.1 Å². The highest BCUT2D eigenvalue weighted by Gasteiger charge is 2.64. The molecule has 0 aromatic heterocycles. The molecule has 13 nitrogen and oxygen atoms in total. The van der Waals surface area contributed by atoms with Crippen LogP contribution in [0.1, 0.15) is 95.6 Å². The fourth-order valence-electron chi connectivity index (χ4n) is 10.3. The number of amides is 5. The number of anilines is 2. The Bertz CT molecular complexity index is 2250. The smallest absolute Gasteiger partial charge is 0.262 e. The first-order valence-electron chi connectivity index (χ1n) is 20.5. The molecule has 0 spiro atoms. The first-order chi connectivity index (χ1) is 28.1. The van der Waals surface area contributed by atoms with Crippen molar-refractivity contribution < 1.29 is 33.1 Å². The summed E-state index contributed by atoms with van der Waals surface area (Å²) in [6.45, 7) is 15.0. The highest BCUT2D eigenvalue weighted by atomic mass is 19.1. The minimum atomic E-state index is -0.984. The van der Waals surface area contributed by atoms with Crippen molar-refractivity contribution in [2.24, 2.45) is 10.8 Å². The van der Waals surface area contributed by atoms with Gasteiger partial charge in [0.25, 0.3) is 17.7 Å². The van der Waals surface area contributed by atoms with Gasteiger partial charge in [0, 0.05) is 91.1 Å². The minimum absolute atomic E-state index is 0.0194. The number of piperazine rings is 1. The van der Waals surface area contributed by atoms with E-state index in [0.717, 1.165) is 68.4 Å². The zero-order chi connectivity index (χ0) is 42.0. The number of ether oxygens (including phenoxy) is 1. The van der Waals surface area contributed by atoms with Crippen LogP contribution in [0.2, 0.25) is 0 Å². The minimum Gasteiger partial charge on any atom is -0.489 e. The number of hydrogen-bond acceptors (Lipinski definition) is 10. The molecule has 1 aliphatic carbocycles. The summed E-state index contributed by atoms with van der Waals surface area (Å²) in [5.41, 5.74) is 2.49. The van der Waals surface area contributed by atoms with Gasteiger partial charge < -0.3 is 19.9 Å². The van der Waals surface area contributed by atoms with Crippen LogP contribution in [0.3, 0.4) is 0 Å². The van der Waals surface area contributed by atoms with Gasteiger partial charge in [0.05, 0.1) is 16.7 Å². The number of fused-ring (bicyclic) bond motifs is 1. The van der Waals surface area contributed by atoms with Crippen molar-refractivity contribution in [2.75, 3.05) is 49.1 Å². The van der Waals surface area contributed by atoms with E-state index >= 15 is 0 Å². The lowest BCUT2D eigenvalue weighted by Crippen LogP contribution is -2.74. The Morgan fingerprint density at radius 2 is 1.46 bits per heavy atom. The van der Waals surface area contributed by atoms with Gasteiger partial charge in [-0.25, -0.2) is 4.39 Å². The molecule has 5 aliphatic rings. The number of carbonyl (C=O) groups is 5. The monoisotopic (exact) mass is 803 g/mol. The molecular formula is C45H50FN7O6. The van der Waals surface area contributed by atoms with Gasteiger partial charge in [-0.2, -0.15) is 5.26 Å². The topological polar surface area (TPSA) is 155 Å². The van der Waals surface area contributed by atoms with Crippen LogP contribution >= 0.6 is 0 Å². The molecule has 3 saturated heterocycles. The molecule has 1 unspecified atom stereocenters. The number of hydrogen-bond donors (Lipinski definition) is 2. The summed E-state index contributed by atoms with van der Waals surface area (Å²) in [4.78, 5) is 72.3. The average molecular weight is 804 g/mol. The van der Waals surface area contributed by atoms with Crippen LogP contribution < -0.4 is 25.2 Å². The Labute approximate surface area is 343 Å². The van der Waals surface area contributed by atoms with Crippen LogP contribution in [0.25, 0.3) is 0 Å². The number of carbonyl (C=O) groups excluding carboxylic acids is 5. The van der Waals surface area contributed by atoms with Crippen LogP contribution in [0.15, 0.2) is 54.6 Å². The fraction of sp³-hybridized carbons (Fsp3) is 0.467. The molecule has 1 saturated carbocycles. The van der Waals surface area contributed by atoms with Crippen LogP contribution in [0, 0.1) is 34.9 Å². The van der Waals surface area contributed by atoms with Crippen molar-refractivity contribution in [1.29, 1.82) is 5.26 Å². The Hall–Kier alpha value is -5.81. The molecule has 2 N–H and O–H groups in total. The summed E-state index contributed by atoms with van der Waals surface area (Å²) < 4.78 is 21.0. The molecule has 3 aromatic rings. The number of piperidine rings is 2. The predicted octanol–water partition coefficient (Wildman–Crippen LogP) is 4.81. The number of nitrogens with one attached hydrogen (secondary N) is 2. The first kappa shape index (κ1) is 40.0. The molecule has 0 radical (unpaired) electrons. The molecule has 59 heavy (non-hydrogen) atoms. The van der Waals surface area contributed by atoms with Crippen molar-refractivity contribution in [3.63, 3.8) is 0 Å². The van der Waals surface area contributed by atoms with E-state index in [1.165, 1.54) is 6.07 Å². The summed E-state index contributed by atoms with van der Waals surface area (Å²) in [6.07, 6.45) is 1.84. The Morgan fingerprint density at radius 1 is 0.831 bits per heavy atom. The van der Waals surface area contributed by atoms with Gasteiger partial charge in [0.2, 0.25) is 11.8 Å². The molecule has 4 fully saturated rings. The van der Waals surface area contributed by atoms with E-state index in [9.17, 15) is 33.6 Å². The third kappa shape index (κ3) is 6.99. The van der Waals surface area contributed by atoms with Gasteiger partial charge in [-0.05, 0) is 80.8 Å². The van der Waals surface area contributed by atoms with Gasteiger partial charge >= 0.3 is 0 Å². The second kappa shape index (κ2) is 15.1. The second-order valence-corrected chi connectivity index (χ2v) is 17.7. The molecular weight excluding hydrogens is 754 g/mol. The Kier molecular flexibility index (Phi) is 10.2. The summed E-state index contributed by atoms with van der Waals surface area (Å²) in [5, 5.41) is 14.7. The van der Waals surface area contributed by atoms with Crippen LogP contribution in [0.5, 0.6) is 5.75 Å². The number of nitrogens with zero attached hydrogens (tertiary/aromatic N) is 5. The maximum atomic E-state index is 14.7. The number of halogens is 1. The molecule has 4 heterocycles. The summed E-state index contributed by atoms with van der Waals surface area (Å²) in [5.74, 6) is -2.35. The zero-order valence-corrected chi connectivity index (χ0v) is 34.1. The lowest BCUT2D eigenvalue weighted by Gasteiger charge is -2.63. The Balaban J connectivity index is 0.815. The van der Waals surface area contributed by atoms with E-state index in [-0.39, 0.29) is 42.0 Å². The highest BCUT2D eigenvalue weighted by Crippen LogP contribution is 2.56. The molecule has 3 aromatic carbocycles. The average Bonchev–Trinajstić information content (AvgIpc) is 3.48. The van der Waals surface area contributed by atoms with Crippen molar-refractivity contribution in [2.45, 2.75) is 84.5 Å². The molecule has 1 atom stereocenters. The van der Waals surface area contributed by atoms with E-state index < -0.39 is 46.3 Å². The summed E-state index contributed by atoms with van der Waals surface area (Å²) in [6, 6.07) is 17.3. The maximum absolute atomic E-state index is 14.7. The van der Waals surface area contributed by atoms with Crippen molar-refractivity contribution in [1.82, 2.24) is 20.4 Å². The van der Waals surface area contributed by atoms with Gasteiger partial charge in [-0.3, -0.25) is 39.1 Å². The van der Waals surface area contributed by atoms with Crippen molar-refractivity contribution in [3.8, 4) is 11.8 Å². The quantitative estimate of drug-likeness (QED) is 0.304. The first-order valence-corrected chi connectivity index (χ1v) is 20.5. The summed E-state index contributed by atoms with van der Waals surface area (Å²) >= 11 is 0. The molecule has 4 aliphatic heterocycles. The second-order valence-electron chi connectivity index (χ2n) is 17.7. The number of benzene rings is 3. The van der Waals surface area contributed by atoms with Gasteiger partial charge in [0.1, 0.15) is 29.8 Å². The number of rotatable bonds is 8. The van der Waals surface area contributed by atoms with E-state index in [1.807, 2.05) is 64.1 Å².